The third-order valence-electron chi connectivity index (χ3n) is 3.37. The van der Waals surface area contributed by atoms with Gasteiger partial charge in [-0.05, 0) is 35.9 Å². The highest BCUT2D eigenvalue weighted by Crippen LogP contribution is 2.21. The quantitative estimate of drug-likeness (QED) is 0.738. The fraction of sp³-hybridized carbons (Fsp3) is 0.0556. The number of pyridine rings is 2. The molecular weight excluding hydrogens is 324 g/mol. The van der Waals surface area contributed by atoms with E-state index in [9.17, 15) is 4.79 Å². The van der Waals surface area contributed by atoms with Crippen LogP contribution < -0.4 is 10.6 Å². The molecule has 120 valence electrons. The van der Waals surface area contributed by atoms with E-state index in [1.807, 2.05) is 24.3 Å². The van der Waals surface area contributed by atoms with Gasteiger partial charge in [-0.15, -0.1) is 0 Å². The van der Waals surface area contributed by atoms with Crippen molar-refractivity contribution >= 4 is 28.9 Å². The number of para-hydroxylation sites is 1. The topological polar surface area (TPSA) is 66.9 Å². The van der Waals surface area contributed by atoms with Gasteiger partial charge in [-0.2, -0.15) is 0 Å². The largest absolute Gasteiger partial charge is 0.380 e. The van der Waals surface area contributed by atoms with Crippen molar-refractivity contribution in [3.05, 3.63) is 83.4 Å². The van der Waals surface area contributed by atoms with Crippen molar-refractivity contribution in [2.75, 3.05) is 10.6 Å². The number of halogens is 1. The fourth-order valence-electron chi connectivity index (χ4n) is 2.12. The van der Waals surface area contributed by atoms with Gasteiger partial charge in [-0.25, -0.2) is 0 Å². The maximum atomic E-state index is 12.3. The third kappa shape index (κ3) is 4.08. The summed E-state index contributed by atoms with van der Waals surface area (Å²) in [7, 11) is 0. The van der Waals surface area contributed by atoms with Crippen molar-refractivity contribution in [1.29, 1.82) is 0 Å². The van der Waals surface area contributed by atoms with Crippen LogP contribution in [-0.2, 0) is 6.54 Å². The van der Waals surface area contributed by atoms with Crippen LogP contribution in [-0.4, -0.2) is 15.9 Å². The summed E-state index contributed by atoms with van der Waals surface area (Å²) in [6.07, 6.45) is 6.67. The first kappa shape index (κ1) is 16.0. The zero-order chi connectivity index (χ0) is 16.8. The molecule has 2 heterocycles. The van der Waals surface area contributed by atoms with Crippen molar-refractivity contribution in [3.8, 4) is 0 Å². The number of nitrogens with zero attached hydrogens (tertiary/aromatic N) is 2. The Hall–Kier alpha value is -2.92. The highest BCUT2D eigenvalue weighted by atomic mass is 35.5. The van der Waals surface area contributed by atoms with Gasteiger partial charge < -0.3 is 10.6 Å². The van der Waals surface area contributed by atoms with Crippen molar-refractivity contribution < 1.29 is 4.79 Å². The van der Waals surface area contributed by atoms with E-state index in [2.05, 4.69) is 20.6 Å². The molecule has 0 fully saturated rings. The summed E-state index contributed by atoms with van der Waals surface area (Å²) in [5.41, 5.74) is 2.88. The lowest BCUT2D eigenvalue weighted by molar-refractivity contribution is 0.102. The number of nitrogens with one attached hydrogen (secondary N) is 2. The van der Waals surface area contributed by atoms with E-state index in [1.54, 1.807) is 36.8 Å². The van der Waals surface area contributed by atoms with Gasteiger partial charge in [0.1, 0.15) is 0 Å². The Morgan fingerprint density at radius 2 is 1.83 bits per heavy atom. The predicted octanol–water partition coefficient (Wildman–Crippen LogP) is 3.99. The SMILES string of the molecule is O=C(Nc1ccccc1Cl)c1cncc(NCc2ccncc2)c1. The third-order valence-corrected chi connectivity index (χ3v) is 3.70. The molecule has 0 aliphatic heterocycles. The molecule has 5 nitrogen and oxygen atoms in total. The monoisotopic (exact) mass is 338 g/mol. The summed E-state index contributed by atoms with van der Waals surface area (Å²) in [6, 6.07) is 12.7. The van der Waals surface area contributed by atoms with Crippen molar-refractivity contribution in [1.82, 2.24) is 9.97 Å². The van der Waals surface area contributed by atoms with E-state index in [-0.39, 0.29) is 5.91 Å². The molecule has 0 unspecified atom stereocenters. The average Bonchev–Trinajstić information content (AvgIpc) is 2.63. The van der Waals surface area contributed by atoms with Crippen LogP contribution >= 0.6 is 11.6 Å². The zero-order valence-electron chi connectivity index (χ0n) is 12.7. The molecule has 0 spiro atoms. The number of amides is 1. The van der Waals surface area contributed by atoms with Gasteiger partial charge in [-0.1, -0.05) is 23.7 Å². The van der Waals surface area contributed by atoms with Crippen LogP contribution in [0.5, 0.6) is 0 Å². The van der Waals surface area contributed by atoms with Crippen molar-refractivity contribution in [3.63, 3.8) is 0 Å². The van der Waals surface area contributed by atoms with E-state index in [1.165, 1.54) is 6.20 Å². The minimum atomic E-state index is -0.261. The molecular formula is C18H15ClN4O. The maximum absolute atomic E-state index is 12.3. The Bertz CT molecular complexity index is 839. The molecule has 24 heavy (non-hydrogen) atoms. The molecule has 0 aliphatic rings. The van der Waals surface area contributed by atoms with E-state index in [0.29, 0.717) is 22.8 Å². The molecule has 0 aliphatic carbocycles. The van der Waals surface area contributed by atoms with E-state index < -0.39 is 0 Å². The summed E-state index contributed by atoms with van der Waals surface area (Å²) in [4.78, 5) is 20.4. The maximum Gasteiger partial charge on any atom is 0.257 e. The van der Waals surface area contributed by atoms with E-state index in [0.717, 1.165) is 11.3 Å². The van der Waals surface area contributed by atoms with E-state index in [4.69, 9.17) is 11.6 Å². The van der Waals surface area contributed by atoms with Gasteiger partial charge in [0.05, 0.1) is 22.0 Å². The van der Waals surface area contributed by atoms with Gasteiger partial charge in [0, 0.05) is 31.3 Å². The number of carbonyl (C=O) groups is 1. The Morgan fingerprint density at radius 1 is 1.04 bits per heavy atom. The lowest BCUT2D eigenvalue weighted by Crippen LogP contribution is -2.13. The van der Waals surface area contributed by atoms with E-state index >= 15 is 0 Å². The number of aromatic nitrogens is 2. The van der Waals surface area contributed by atoms with Gasteiger partial charge in [0.15, 0.2) is 0 Å². The number of hydrogen-bond acceptors (Lipinski definition) is 4. The number of benzene rings is 1. The second-order valence-electron chi connectivity index (χ2n) is 5.11. The second kappa shape index (κ2) is 7.57. The lowest BCUT2D eigenvalue weighted by Gasteiger charge is -2.09. The van der Waals surface area contributed by atoms with Gasteiger partial charge >= 0.3 is 0 Å². The zero-order valence-corrected chi connectivity index (χ0v) is 13.5. The summed E-state index contributed by atoms with van der Waals surface area (Å²) in [5.74, 6) is -0.261. The first-order chi connectivity index (χ1) is 11.7. The van der Waals surface area contributed by atoms with Gasteiger partial charge in [-0.3, -0.25) is 14.8 Å². The van der Waals surface area contributed by atoms with Crippen molar-refractivity contribution in [2.24, 2.45) is 0 Å². The normalized spacial score (nSPS) is 10.2. The summed E-state index contributed by atoms with van der Waals surface area (Å²) < 4.78 is 0. The number of anilines is 2. The smallest absolute Gasteiger partial charge is 0.257 e. The van der Waals surface area contributed by atoms with Crippen LogP contribution in [0.25, 0.3) is 0 Å². The summed E-state index contributed by atoms with van der Waals surface area (Å²) in [6.45, 7) is 0.625. The molecule has 0 bridgehead atoms. The standard InChI is InChI=1S/C18H15ClN4O/c19-16-3-1-2-4-17(16)23-18(24)14-9-15(12-21-11-14)22-10-13-5-7-20-8-6-13/h1-9,11-12,22H,10H2,(H,23,24). The molecule has 1 aromatic carbocycles. The highest BCUT2D eigenvalue weighted by molar-refractivity contribution is 6.33. The lowest BCUT2D eigenvalue weighted by atomic mass is 10.2. The Morgan fingerprint density at radius 3 is 2.62 bits per heavy atom. The van der Waals surface area contributed by atoms with Crippen LogP contribution in [0.1, 0.15) is 15.9 Å². The molecule has 0 atom stereocenters. The first-order valence-electron chi connectivity index (χ1n) is 7.36. The summed E-state index contributed by atoms with van der Waals surface area (Å²) in [5, 5.41) is 6.51. The molecule has 0 saturated heterocycles. The van der Waals surface area contributed by atoms with Crippen LogP contribution in [0.3, 0.4) is 0 Å². The fourth-order valence-corrected chi connectivity index (χ4v) is 2.31. The molecule has 3 aromatic rings. The molecule has 6 heteroatoms. The second-order valence-corrected chi connectivity index (χ2v) is 5.51. The molecule has 0 radical (unpaired) electrons. The minimum Gasteiger partial charge on any atom is -0.380 e. The first-order valence-corrected chi connectivity index (χ1v) is 7.74. The van der Waals surface area contributed by atoms with Crippen molar-refractivity contribution in [2.45, 2.75) is 6.54 Å². The number of hydrogen-bond donors (Lipinski definition) is 2. The molecule has 1 amide bonds. The molecule has 2 N–H and O–H groups in total. The highest BCUT2D eigenvalue weighted by Gasteiger charge is 2.09. The Labute approximate surface area is 144 Å². The average molecular weight is 339 g/mol. The van der Waals surface area contributed by atoms with Crippen LogP contribution in [0.15, 0.2) is 67.3 Å². The van der Waals surface area contributed by atoms with Crippen LogP contribution in [0.2, 0.25) is 5.02 Å². The minimum absolute atomic E-state index is 0.261. The molecule has 0 saturated carbocycles. The Kier molecular flexibility index (Phi) is 5.03. The molecule has 2 aromatic heterocycles. The number of carbonyl (C=O) groups excluding carboxylic acids is 1. The van der Waals surface area contributed by atoms with Gasteiger partial charge in [0.25, 0.3) is 5.91 Å². The number of rotatable bonds is 5. The molecule has 3 rings (SSSR count). The predicted molar refractivity (Wildman–Crippen MR) is 95.2 cm³/mol. The van der Waals surface area contributed by atoms with Crippen LogP contribution in [0, 0.1) is 0 Å². The van der Waals surface area contributed by atoms with Gasteiger partial charge in [0.2, 0.25) is 0 Å². The van der Waals surface area contributed by atoms with Crippen LogP contribution in [0.4, 0.5) is 11.4 Å². The Balaban J connectivity index is 1.68. The summed E-state index contributed by atoms with van der Waals surface area (Å²) >= 11 is 6.06.